The summed E-state index contributed by atoms with van der Waals surface area (Å²) in [7, 11) is 4.57. The van der Waals surface area contributed by atoms with E-state index in [1.807, 2.05) is 20.2 Å². The van der Waals surface area contributed by atoms with E-state index in [1.54, 1.807) is 0 Å². The molecular weight excluding hydrogens is 234 g/mol. The molecule has 0 aromatic heterocycles. The molecule has 0 fully saturated rings. The van der Waals surface area contributed by atoms with Crippen molar-refractivity contribution in [3.8, 4) is 0 Å². The quantitative estimate of drug-likeness (QED) is 0.558. The molecule has 1 unspecified atom stereocenters. The summed E-state index contributed by atoms with van der Waals surface area (Å²) in [5.41, 5.74) is 1.09. The Morgan fingerprint density at radius 2 is 1.94 bits per heavy atom. The fourth-order valence-corrected chi connectivity index (χ4v) is 2.38. The zero-order valence-corrected chi connectivity index (χ0v) is 11.4. The van der Waals surface area contributed by atoms with E-state index in [2.05, 4.69) is 4.90 Å². The number of rotatable bonds is 4. The van der Waals surface area contributed by atoms with Crippen LogP contribution in [0.2, 0.25) is 0 Å². The largest absolute Gasteiger partial charge is 0.468 e. The summed E-state index contributed by atoms with van der Waals surface area (Å²) in [6.45, 7) is 2.84. The number of carbonyl (C=O) groups is 2. The van der Waals surface area contributed by atoms with Gasteiger partial charge < -0.3 is 14.4 Å². The van der Waals surface area contributed by atoms with Crippen molar-refractivity contribution >= 4 is 11.9 Å². The Morgan fingerprint density at radius 1 is 1.39 bits per heavy atom. The molecule has 1 heterocycles. The lowest BCUT2D eigenvalue weighted by atomic mass is 9.80. The first-order valence-corrected chi connectivity index (χ1v) is 6.11. The number of ether oxygens (including phenoxy) is 2. The van der Waals surface area contributed by atoms with Gasteiger partial charge in [-0.25, -0.2) is 0 Å². The molecule has 0 amide bonds. The maximum absolute atomic E-state index is 11.8. The molecule has 5 nitrogen and oxygen atoms in total. The summed E-state index contributed by atoms with van der Waals surface area (Å²) in [5, 5.41) is 0. The van der Waals surface area contributed by atoms with Crippen molar-refractivity contribution in [3.63, 3.8) is 0 Å². The van der Waals surface area contributed by atoms with Gasteiger partial charge in [0.1, 0.15) is 0 Å². The van der Waals surface area contributed by atoms with Crippen LogP contribution in [0.4, 0.5) is 0 Å². The van der Waals surface area contributed by atoms with Crippen LogP contribution >= 0.6 is 0 Å². The Hall–Kier alpha value is -1.52. The maximum Gasteiger partial charge on any atom is 0.320 e. The second-order valence-electron chi connectivity index (χ2n) is 4.46. The minimum Gasteiger partial charge on any atom is -0.468 e. The molecule has 1 rings (SSSR count). The van der Waals surface area contributed by atoms with Crippen molar-refractivity contribution in [2.75, 3.05) is 27.8 Å². The second-order valence-corrected chi connectivity index (χ2v) is 4.46. The number of allylic oxidation sites excluding steroid dienone is 1. The molecule has 0 spiro atoms. The Balaban J connectivity index is 3.01. The lowest BCUT2D eigenvalue weighted by Crippen LogP contribution is -2.38. The summed E-state index contributed by atoms with van der Waals surface area (Å²) in [6, 6.07) is 0. The third-order valence-electron chi connectivity index (χ3n) is 3.38. The van der Waals surface area contributed by atoms with Crippen molar-refractivity contribution < 1.29 is 19.1 Å². The summed E-state index contributed by atoms with van der Waals surface area (Å²) in [5.74, 6) is -2.00. The van der Waals surface area contributed by atoms with Gasteiger partial charge in [0.2, 0.25) is 0 Å². The van der Waals surface area contributed by atoms with Gasteiger partial charge in [-0.15, -0.1) is 0 Å². The van der Waals surface area contributed by atoms with E-state index in [-0.39, 0.29) is 5.92 Å². The second kappa shape index (κ2) is 6.42. The van der Waals surface area contributed by atoms with Gasteiger partial charge in [-0.3, -0.25) is 9.59 Å². The minimum absolute atomic E-state index is 0.119. The predicted octanol–water partition coefficient (Wildman–Crippen LogP) is 1.19. The van der Waals surface area contributed by atoms with Gasteiger partial charge in [0.25, 0.3) is 0 Å². The highest BCUT2D eigenvalue weighted by Crippen LogP contribution is 2.32. The van der Waals surface area contributed by atoms with Gasteiger partial charge in [0.15, 0.2) is 5.92 Å². The van der Waals surface area contributed by atoms with Crippen LogP contribution in [0.25, 0.3) is 0 Å². The lowest BCUT2D eigenvalue weighted by molar-refractivity contribution is -0.161. The van der Waals surface area contributed by atoms with E-state index in [9.17, 15) is 9.59 Å². The summed E-state index contributed by atoms with van der Waals surface area (Å²) >= 11 is 0. The fourth-order valence-electron chi connectivity index (χ4n) is 2.38. The van der Waals surface area contributed by atoms with E-state index in [0.29, 0.717) is 0 Å². The van der Waals surface area contributed by atoms with Crippen molar-refractivity contribution in [2.24, 2.45) is 11.8 Å². The normalized spacial score (nSPS) is 19.5. The molecule has 0 aromatic rings. The van der Waals surface area contributed by atoms with Gasteiger partial charge in [-0.1, -0.05) is 6.92 Å². The first-order chi connectivity index (χ1) is 8.54. The molecule has 1 atom stereocenters. The fraction of sp³-hybridized carbons (Fsp3) is 0.692. The SMILES string of the molecule is CCC1=CN(C)CCC1C(C(=O)OC)C(=O)OC. The van der Waals surface area contributed by atoms with E-state index < -0.39 is 17.9 Å². The van der Waals surface area contributed by atoms with Gasteiger partial charge >= 0.3 is 11.9 Å². The summed E-state index contributed by atoms with van der Waals surface area (Å²) in [6.07, 6.45) is 3.57. The smallest absolute Gasteiger partial charge is 0.320 e. The number of methoxy groups -OCH3 is 2. The third kappa shape index (κ3) is 3.03. The monoisotopic (exact) mass is 255 g/mol. The molecule has 1 aliphatic heterocycles. The first kappa shape index (κ1) is 14.5. The van der Waals surface area contributed by atoms with Crippen LogP contribution in [0, 0.1) is 11.8 Å². The molecule has 0 radical (unpaired) electrons. The highest BCUT2D eigenvalue weighted by Gasteiger charge is 2.39. The van der Waals surface area contributed by atoms with Crippen LogP contribution in [0.3, 0.4) is 0 Å². The van der Waals surface area contributed by atoms with Crippen LogP contribution in [0.15, 0.2) is 11.8 Å². The molecule has 0 aliphatic carbocycles. The number of hydrogen-bond donors (Lipinski definition) is 0. The Labute approximate surface area is 108 Å². The first-order valence-electron chi connectivity index (χ1n) is 6.11. The van der Waals surface area contributed by atoms with Gasteiger partial charge in [-0.2, -0.15) is 0 Å². The van der Waals surface area contributed by atoms with E-state index in [4.69, 9.17) is 9.47 Å². The van der Waals surface area contributed by atoms with Crippen molar-refractivity contribution in [3.05, 3.63) is 11.8 Å². The molecule has 0 bridgehead atoms. The predicted molar refractivity (Wildman–Crippen MR) is 66.6 cm³/mol. The Morgan fingerprint density at radius 3 is 2.39 bits per heavy atom. The van der Waals surface area contributed by atoms with Gasteiger partial charge in [0, 0.05) is 19.5 Å². The molecule has 5 heteroatoms. The molecule has 0 saturated heterocycles. The topological polar surface area (TPSA) is 55.8 Å². The summed E-state index contributed by atoms with van der Waals surface area (Å²) in [4.78, 5) is 25.7. The van der Waals surface area contributed by atoms with Crippen LogP contribution in [-0.4, -0.2) is 44.7 Å². The lowest BCUT2D eigenvalue weighted by Gasteiger charge is -2.32. The van der Waals surface area contributed by atoms with E-state index in [0.717, 1.165) is 25.0 Å². The van der Waals surface area contributed by atoms with Crippen LogP contribution < -0.4 is 0 Å². The molecule has 0 N–H and O–H groups in total. The zero-order chi connectivity index (χ0) is 13.7. The number of nitrogens with zero attached hydrogens (tertiary/aromatic N) is 1. The van der Waals surface area contributed by atoms with Crippen molar-refractivity contribution in [2.45, 2.75) is 19.8 Å². The molecule has 0 aromatic carbocycles. The number of hydrogen-bond acceptors (Lipinski definition) is 5. The van der Waals surface area contributed by atoms with Crippen LogP contribution in [0.5, 0.6) is 0 Å². The molecule has 18 heavy (non-hydrogen) atoms. The Kier molecular flexibility index (Phi) is 5.19. The third-order valence-corrected chi connectivity index (χ3v) is 3.38. The number of esters is 2. The average molecular weight is 255 g/mol. The molecular formula is C13H21NO4. The van der Waals surface area contributed by atoms with Crippen LogP contribution in [0.1, 0.15) is 19.8 Å². The zero-order valence-electron chi connectivity index (χ0n) is 11.4. The highest BCUT2D eigenvalue weighted by atomic mass is 16.5. The van der Waals surface area contributed by atoms with Crippen molar-refractivity contribution in [1.29, 1.82) is 0 Å². The standard InChI is InChI=1S/C13H21NO4/c1-5-9-8-14(2)7-6-10(9)11(12(15)17-3)13(16)18-4/h8,10-11H,5-7H2,1-4H3. The summed E-state index contributed by atoms with van der Waals surface area (Å²) < 4.78 is 9.46. The Bertz CT molecular complexity index is 335. The molecule has 0 saturated carbocycles. The van der Waals surface area contributed by atoms with Crippen molar-refractivity contribution in [1.82, 2.24) is 4.90 Å². The van der Waals surface area contributed by atoms with E-state index in [1.165, 1.54) is 14.2 Å². The van der Waals surface area contributed by atoms with Gasteiger partial charge in [0.05, 0.1) is 14.2 Å². The molecule has 1 aliphatic rings. The van der Waals surface area contributed by atoms with E-state index >= 15 is 0 Å². The minimum atomic E-state index is -0.847. The average Bonchev–Trinajstić information content (AvgIpc) is 2.39. The maximum atomic E-state index is 11.8. The highest BCUT2D eigenvalue weighted by molar-refractivity contribution is 5.95. The molecule has 102 valence electrons. The van der Waals surface area contributed by atoms with Gasteiger partial charge in [-0.05, 0) is 24.6 Å². The number of carbonyl (C=O) groups excluding carboxylic acids is 2. The van der Waals surface area contributed by atoms with Crippen LogP contribution in [-0.2, 0) is 19.1 Å².